The summed E-state index contributed by atoms with van der Waals surface area (Å²) in [6.45, 7) is 6.33. The highest BCUT2D eigenvalue weighted by Gasteiger charge is 2.37. The second-order valence-corrected chi connectivity index (χ2v) is 6.17. The molecule has 4 nitrogen and oxygen atoms in total. The first-order chi connectivity index (χ1) is 10.5. The van der Waals surface area contributed by atoms with Gasteiger partial charge in [0.05, 0.1) is 25.2 Å². The summed E-state index contributed by atoms with van der Waals surface area (Å²) < 4.78 is 17.1. The van der Waals surface area contributed by atoms with E-state index >= 15 is 0 Å². The van der Waals surface area contributed by atoms with Crippen molar-refractivity contribution < 1.29 is 19.0 Å². The van der Waals surface area contributed by atoms with Gasteiger partial charge in [0.2, 0.25) is 0 Å². The monoisotopic (exact) mass is 306 g/mol. The first kappa shape index (κ1) is 17.0. The van der Waals surface area contributed by atoms with Gasteiger partial charge in [0.15, 0.2) is 5.79 Å². The standard InChI is InChI=1S/C18H26O4/c1-4-5-11-20-17(19)13-15-12-16(22-18(2,3)21-15)14-9-7-6-8-10-14/h6-10,15-16H,4-5,11-13H2,1-3H3/t15-,16+/m0/s1. The van der Waals surface area contributed by atoms with E-state index in [9.17, 15) is 4.79 Å². The Morgan fingerprint density at radius 2 is 2.00 bits per heavy atom. The van der Waals surface area contributed by atoms with Gasteiger partial charge in [-0.05, 0) is 25.8 Å². The molecule has 0 aromatic heterocycles. The van der Waals surface area contributed by atoms with Crippen molar-refractivity contribution in [2.24, 2.45) is 0 Å². The van der Waals surface area contributed by atoms with Crippen LogP contribution in [0.15, 0.2) is 30.3 Å². The van der Waals surface area contributed by atoms with Crippen LogP contribution in [0, 0.1) is 0 Å². The summed E-state index contributed by atoms with van der Waals surface area (Å²) >= 11 is 0. The maximum Gasteiger partial charge on any atom is 0.308 e. The molecule has 0 N–H and O–H groups in total. The van der Waals surface area contributed by atoms with E-state index in [1.807, 2.05) is 44.2 Å². The molecule has 0 bridgehead atoms. The molecule has 2 rings (SSSR count). The van der Waals surface area contributed by atoms with Crippen molar-refractivity contribution in [3.8, 4) is 0 Å². The van der Waals surface area contributed by atoms with Gasteiger partial charge < -0.3 is 14.2 Å². The van der Waals surface area contributed by atoms with E-state index in [2.05, 4.69) is 6.92 Å². The highest BCUT2D eigenvalue weighted by molar-refractivity contribution is 5.70. The number of hydrogen-bond acceptors (Lipinski definition) is 4. The molecule has 1 aromatic rings. The highest BCUT2D eigenvalue weighted by Crippen LogP contribution is 2.36. The lowest BCUT2D eigenvalue weighted by Crippen LogP contribution is -2.42. The average molecular weight is 306 g/mol. The van der Waals surface area contributed by atoms with Crippen LogP contribution < -0.4 is 0 Å². The lowest BCUT2D eigenvalue weighted by atomic mass is 9.99. The van der Waals surface area contributed by atoms with Crippen molar-refractivity contribution in [3.63, 3.8) is 0 Å². The summed E-state index contributed by atoms with van der Waals surface area (Å²) in [5.74, 6) is -0.893. The lowest BCUT2D eigenvalue weighted by molar-refractivity contribution is -0.302. The van der Waals surface area contributed by atoms with Crippen molar-refractivity contribution in [1.29, 1.82) is 0 Å². The molecule has 4 heteroatoms. The molecule has 1 aromatic carbocycles. The van der Waals surface area contributed by atoms with Crippen LogP contribution in [0.4, 0.5) is 0 Å². The maximum atomic E-state index is 11.9. The molecule has 22 heavy (non-hydrogen) atoms. The van der Waals surface area contributed by atoms with Crippen LogP contribution in [0.2, 0.25) is 0 Å². The maximum absolute atomic E-state index is 11.9. The first-order valence-corrected chi connectivity index (χ1v) is 8.06. The molecular formula is C18H26O4. The predicted octanol–water partition coefficient (Wildman–Crippen LogP) is 4.00. The molecule has 0 spiro atoms. The van der Waals surface area contributed by atoms with Crippen LogP contribution in [-0.2, 0) is 19.0 Å². The van der Waals surface area contributed by atoms with Crippen molar-refractivity contribution >= 4 is 5.97 Å². The third-order valence-electron chi connectivity index (χ3n) is 3.68. The number of carbonyl (C=O) groups is 1. The molecule has 1 aliphatic heterocycles. The molecule has 0 unspecified atom stereocenters. The van der Waals surface area contributed by atoms with Gasteiger partial charge in [0.1, 0.15) is 0 Å². The Morgan fingerprint density at radius 1 is 1.27 bits per heavy atom. The third kappa shape index (κ3) is 5.11. The fourth-order valence-electron chi connectivity index (χ4n) is 2.68. The van der Waals surface area contributed by atoms with Crippen LogP contribution in [0.3, 0.4) is 0 Å². The van der Waals surface area contributed by atoms with Gasteiger partial charge in [-0.15, -0.1) is 0 Å². The van der Waals surface area contributed by atoms with E-state index in [1.54, 1.807) is 0 Å². The van der Waals surface area contributed by atoms with E-state index in [-0.39, 0.29) is 24.6 Å². The molecular weight excluding hydrogens is 280 g/mol. The Labute approximate surface area is 132 Å². The highest BCUT2D eigenvalue weighted by atomic mass is 16.7. The fraction of sp³-hybridized carbons (Fsp3) is 0.611. The Kier molecular flexibility index (Phi) is 5.98. The third-order valence-corrected chi connectivity index (χ3v) is 3.68. The van der Waals surface area contributed by atoms with Gasteiger partial charge in [-0.2, -0.15) is 0 Å². The number of unbranched alkanes of at least 4 members (excludes halogenated alkanes) is 1. The number of esters is 1. The fourth-order valence-corrected chi connectivity index (χ4v) is 2.68. The van der Waals surface area contributed by atoms with Crippen molar-refractivity contribution in [2.45, 2.75) is 64.4 Å². The molecule has 0 saturated carbocycles. The topological polar surface area (TPSA) is 44.8 Å². The van der Waals surface area contributed by atoms with E-state index in [1.165, 1.54) is 0 Å². The SMILES string of the molecule is CCCCOC(=O)C[C@@H]1C[C@H](c2ccccc2)OC(C)(C)O1. The van der Waals surface area contributed by atoms with Crippen LogP contribution in [0.5, 0.6) is 0 Å². The number of carbonyl (C=O) groups excluding carboxylic acids is 1. The Morgan fingerprint density at radius 3 is 2.68 bits per heavy atom. The van der Waals surface area contributed by atoms with Crippen LogP contribution in [0.25, 0.3) is 0 Å². The van der Waals surface area contributed by atoms with Crippen LogP contribution in [0.1, 0.15) is 58.1 Å². The van der Waals surface area contributed by atoms with Gasteiger partial charge >= 0.3 is 5.97 Å². The quantitative estimate of drug-likeness (QED) is 0.588. The lowest BCUT2D eigenvalue weighted by Gasteiger charge is -2.40. The van der Waals surface area contributed by atoms with Gasteiger partial charge in [0.25, 0.3) is 0 Å². The largest absolute Gasteiger partial charge is 0.466 e. The normalized spacial score (nSPS) is 24.0. The molecule has 0 amide bonds. The van der Waals surface area contributed by atoms with E-state index in [0.717, 1.165) is 18.4 Å². The minimum atomic E-state index is -0.701. The van der Waals surface area contributed by atoms with Crippen molar-refractivity contribution in [2.75, 3.05) is 6.61 Å². The van der Waals surface area contributed by atoms with E-state index in [0.29, 0.717) is 13.0 Å². The second kappa shape index (κ2) is 7.75. The molecule has 0 radical (unpaired) electrons. The zero-order chi connectivity index (χ0) is 16.0. The Balaban J connectivity index is 1.95. The summed E-state index contributed by atoms with van der Waals surface area (Å²) in [4.78, 5) is 11.9. The summed E-state index contributed by atoms with van der Waals surface area (Å²) in [6.07, 6.45) is 2.63. The summed E-state index contributed by atoms with van der Waals surface area (Å²) in [5, 5.41) is 0. The van der Waals surface area contributed by atoms with Crippen LogP contribution in [-0.4, -0.2) is 24.5 Å². The van der Waals surface area contributed by atoms with Gasteiger partial charge in [-0.1, -0.05) is 43.7 Å². The molecule has 122 valence electrons. The van der Waals surface area contributed by atoms with Gasteiger partial charge in [-0.25, -0.2) is 0 Å². The predicted molar refractivity (Wildman–Crippen MR) is 84.3 cm³/mol. The van der Waals surface area contributed by atoms with Crippen molar-refractivity contribution in [1.82, 2.24) is 0 Å². The smallest absolute Gasteiger partial charge is 0.308 e. The zero-order valence-electron chi connectivity index (χ0n) is 13.7. The summed E-state index contributed by atoms with van der Waals surface area (Å²) in [5.41, 5.74) is 1.11. The van der Waals surface area contributed by atoms with Crippen LogP contribution >= 0.6 is 0 Å². The summed E-state index contributed by atoms with van der Waals surface area (Å²) in [6, 6.07) is 10.1. The van der Waals surface area contributed by atoms with E-state index < -0.39 is 5.79 Å². The molecule has 1 fully saturated rings. The number of rotatable bonds is 6. The molecule has 2 atom stereocenters. The molecule has 1 heterocycles. The molecule has 1 aliphatic rings. The molecule has 1 saturated heterocycles. The minimum absolute atomic E-state index is 0.0570. The molecule has 0 aliphatic carbocycles. The second-order valence-electron chi connectivity index (χ2n) is 6.17. The zero-order valence-corrected chi connectivity index (χ0v) is 13.7. The van der Waals surface area contributed by atoms with Gasteiger partial charge in [-0.3, -0.25) is 4.79 Å². The number of benzene rings is 1. The van der Waals surface area contributed by atoms with Crippen molar-refractivity contribution in [3.05, 3.63) is 35.9 Å². The summed E-state index contributed by atoms with van der Waals surface area (Å²) in [7, 11) is 0. The minimum Gasteiger partial charge on any atom is -0.466 e. The number of hydrogen-bond donors (Lipinski definition) is 0. The average Bonchev–Trinajstić information content (AvgIpc) is 2.47. The number of ether oxygens (including phenoxy) is 3. The first-order valence-electron chi connectivity index (χ1n) is 8.06. The van der Waals surface area contributed by atoms with Gasteiger partial charge in [0, 0.05) is 6.42 Å². The Bertz CT molecular complexity index is 469. The Hall–Kier alpha value is -1.39. The van der Waals surface area contributed by atoms with E-state index in [4.69, 9.17) is 14.2 Å².